The molecular formula is C18H27N3O6S. The standard InChI is InChI=1S/C18H27N3O6S/c1-3-9-19-28(24,25)16-7-5-15(6-8-16)27-14-17(22)20-10-12-21(13-11-20)18(23)26-4-2/h5-8,19H,3-4,9-14H2,1-2H3. The molecule has 1 fully saturated rings. The van der Waals surface area contributed by atoms with E-state index >= 15 is 0 Å². The van der Waals surface area contributed by atoms with Crippen LogP contribution >= 0.6 is 0 Å². The Kier molecular flexibility index (Phi) is 8.06. The van der Waals surface area contributed by atoms with E-state index in [4.69, 9.17) is 9.47 Å². The molecule has 10 heteroatoms. The third-order valence-electron chi connectivity index (χ3n) is 4.20. The highest BCUT2D eigenvalue weighted by Gasteiger charge is 2.25. The molecule has 1 aliphatic heterocycles. The summed E-state index contributed by atoms with van der Waals surface area (Å²) in [5.74, 6) is 0.220. The van der Waals surface area contributed by atoms with Gasteiger partial charge in [-0.15, -0.1) is 0 Å². The monoisotopic (exact) mass is 413 g/mol. The number of hydrogen-bond donors (Lipinski definition) is 1. The lowest BCUT2D eigenvalue weighted by Gasteiger charge is -2.33. The average molecular weight is 413 g/mol. The van der Waals surface area contributed by atoms with Gasteiger partial charge < -0.3 is 19.3 Å². The van der Waals surface area contributed by atoms with Crippen molar-refractivity contribution in [2.45, 2.75) is 25.2 Å². The molecule has 0 saturated carbocycles. The Morgan fingerprint density at radius 2 is 1.64 bits per heavy atom. The van der Waals surface area contributed by atoms with Crippen LogP contribution < -0.4 is 9.46 Å². The summed E-state index contributed by atoms with van der Waals surface area (Å²) in [6, 6.07) is 5.92. The summed E-state index contributed by atoms with van der Waals surface area (Å²) < 4.78 is 37.0. The molecule has 0 atom stereocenters. The quantitative estimate of drug-likeness (QED) is 0.683. The van der Waals surface area contributed by atoms with E-state index in [9.17, 15) is 18.0 Å². The van der Waals surface area contributed by atoms with Crippen LogP contribution in [0, 0.1) is 0 Å². The first kappa shape index (κ1) is 22.0. The van der Waals surface area contributed by atoms with Crippen LogP contribution in [0.3, 0.4) is 0 Å². The van der Waals surface area contributed by atoms with Gasteiger partial charge in [-0.1, -0.05) is 6.92 Å². The number of piperazine rings is 1. The van der Waals surface area contributed by atoms with E-state index in [2.05, 4.69) is 4.72 Å². The molecule has 0 bridgehead atoms. The Balaban J connectivity index is 1.81. The van der Waals surface area contributed by atoms with E-state index in [-0.39, 0.29) is 23.5 Å². The molecule has 156 valence electrons. The lowest BCUT2D eigenvalue weighted by Crippen LogP contribution is -2.51. The van der Waals surface area contributed by atoms with E-state index in [1.54, 1.807) is 16.7 Å². The number of nitrogens with zero attached hydrogens (tertiary/aromatic N) is 2. The Bertz CT molecular complexity index is 758. The molecule has 0 aliphatic carbocycles. The van der Waals surface area contributed by atoms with Crippen molar-refractivity contribution in [2.24, 2.45) is 0 Å². The molecule has 0 aromatic heterocycles. The van der Waals surface area contributed by atoms with Crippen LogP contribution in [0.25, 0.3) is 0 Å². The molecule has 1 N–H and O–H groups in total. The van der Waals surface area contributed by atoms with Gasteiger partial charge in [0.2, 0.25) is 10.0 Å². The van der Waals surface area contributed by atoms with Gasteiger partial charge in [0, 0.05) is 32.7 Å². The molecular weight excluding hydrogens is 386 g/mol. The topological polar surface area (TPSA) is 105 Å². The zero-order valence-corrected chi connectivity index (χ0v) is 17.0. The SMILES string of the molecule is CCCNS(=O)(=O)c1ccc(OCC(=O)N2CCN(C(=O)OCC)CC2)cc1. The fraction of sp³-hybridized carbons (Fsp3) is 0.556. The van der Waals surface area contributed by atoms with Crippen molar-refractivity contribution in [3.8, 4) is 5.75 Å². The van der Waals surface area contributed by atoms with Crippen LogP contribution in [0.2, 0.25) is 0 Å². The van der Waals surface area contributed by atoms with Gasteiger partial charge in [0.15, 0.2) is 6.61 Å². The summed E-state index contributed by atoms with van der Waals surface area (Å²) in [5, 5.41) is 0. The van der Waals surface area contributed by atoms with Gasteiger partial charge in [0.05, 0.1) is 11.5 Å². The molecule has 2 rings (SSSR count). The second-order valence-electron chi connectivity index (χ2n) is 6.22. The van der Waals surface area contributed by atoms with Crippen molar-refractivity contribution in [2.75, 3.05) is 45.9 Å². The lowest BCUT2D eigenvalue weighted by atomic mass is 10.3. The molecule has 0 unspecified atom stereocenters. The number of sulfonamides is 1. The van der Waals surface area contributed by atoms with Crippen molar-refractivity contribution < 1.29 is 27.5 Å². The maximum absolute atomic E-state index is 12.3. The third-order valence-corrected chi connectivity index (χ3v) is 5.67. The number of carbonyl (C=O) groups excluding carboxylic acids is 2. The molecule has 9 nitrogen and oxygen atoms in total. The second kappa shape index (κ2) is 10.3. The Hall–Kier alpha value is -2.33. The number of benzene rings is 1. The number of carbonyl (C=O) groups is 2. The highest BCUT2D eigenvalue weighted by molar-refractivity contribution is 7.89. The summed E-state index contributed by atoms with van der Waals surface area (Å²) in [5.41, 5.74) is 0. The normalized spacial score (nSPS) is 14.6. The van der Waals surface area contributed by atoms with E-state index in [1.807, 2.05) is 6.92 Å². The van der Waals surface area contributed by atoms with Gasteiger partial charge in [-0.2, -0.15) is 0 Å². The van der Waals surface area contributed by atoms with Gasteiger partial charge in [-0.3, -0.25) is 4.79 Å². The molecule has 1 aliphatic rings. The highest BCUT2D eigenvalue weighted by Crippen LogP contribution is 2.16. The second-order valence-corrected chi connectivity index (χ2v) is 7.99. The lowest BCUT2D eigenvalue weighted by molar-refractivity contribution is -0.134. The van der Waals surface area contributed by atoms with Crippen molar-refractivity contribution in [3.05, 3.63) is 24.3 Å². The minimum absolute atomic E-state index is 0.148. The first-order chi connectivity index (χ1) is 13.4. The maximum atomic E-state index is 12.3. The first-order valence-corrected chi connectivity index (χ1v) is 10.8. The predicted octanol–water partition coefficient (Wildman–Crippen LogP) is 1.05. The van der Waals surface area contributed by atoms with Gasteiger partial charge in [-0.05, 0) is 37.6 Å². The molecule has 1 saturated heterocycles. The fourth-order valence-electron chi connectivity index (χ4n) is 2.62. The molecule has 1 heterocycles. The first-order valence-electron chi connectivity index (χ1n) is 9.29. The number of ether oxygens (including phenoxy) is 2. The zero-order valence-electron chi connectivity index (χ0n) is 16.2. The van der Waals surface area contributed by atoms with Crippen LogP contribution in [0.5, 0.6) is 5.75 Å². The third kappa shape index (κ3) is 6.10. The predicted molar refractivity (Wildman–Crippen MR) is 103 cm³/mol. The Labute approximate surface area is 165 Å². The highest BCUT2D eigenvalue weighted by atomic mass is 32.2. The summed E-state index contributed by atoms with van der Waals surface area (Å²) in [4.78, 5) is 27.3. The smallest absolute Gasteiger partial charge is 0.409 e. The molecule has 2 amide bonds. The number of nitrogens with one attached hydrogen (secondary N) is 1. The van der Waals surface area contributed by atoms with Crippen molar-refractivity contribution in [1.29, 1.82) is 0 Å². The number of hydrogen-bond acceptors (Lipinski definition) is 6. The molecule has 0 spiro atoms. The van der Waals surface area contributed by atoms with Crippen LogP contribution in [0.1, 0.15) is 20.3 Å². The van der Waals surface area contributed by atoms with E-state index in [0.717, 1.165) is 0 Å². The Morgan fingerprint density at radius 3 is 2.21 bits per heavy atom. The maximum Gasteiger partial charge on any atom is 0.409 e. The van der Waals surface area contributed by atoms with Crippen LogP contribution in [0.4, 0.5) is 4.79 Å². The van der Waals surface area contributed by atoms with Gasteiger partial charge >= 0.3 is 6.09 Å². The summed E-state index contributed by atoms with van der Waals surface area (Å²) >= 11 is 0. The number of rotatable bonds is 8. The van der Waals surface area contributed by atoms with E-state index < -0.39 is 10.0 Å². The van der Waals surface area contributed by atoms with Crippen LogP contribution in [0.15, 0.2) is 29.2 Å². The van der Waals surface area contributed by atoms with Gasteiger partial charge in [-0.25, -0.2) is 17.9 Å². The summed E-state index contributed by atoms with van der Waals surface area (Å²) in [6.07, 6.45) is 0.339. The molecule has 1 aromatic carbocycles. The largest absolute Gasteiger partial charge is 0.484 e. The minimum Gasteiger partial charge on any atom is -0.484 e. The number of amides is 2. The molecule has 1 aromatic rings. The molecule has 0 radical (unpaired) electrons. The van der Waals surface area contributed by atoms with Crippen LogP contribution in [-0.2, 0) is 19.6 Å². The van der Waals surface area contributed by atoms with Crippen LogP contribution in [-0.4, -0.2) is 76.2 Å². The van der Waals surface area contributed by atoms with Gasteiger partial charge in [0.25, 0.3) is 5.91 Å². The minimum atomic E-state index is -3.53. The van der Waals surface area contributed by atoms with Crippen molar-refractivity contribution >= 4 is 22.0 Å². The summed E-state index contributed by atoms with van der Waals surface area (Å²) in [7, 11) is -3.53. The fourth-order valence-corrected chi connectivity index (χ4v) is 3.76. The van der Waals surface area contributed by atoms with Gasteiger partial charge in [0.1, 0.15) is 5.75 Å². The van der Waals surface area contributed by atoms with Crippen molar-refractivity contribution in [3.63, 3.8) is 0 Å². The summed E-state index contributed by atoms with van der Waals surface area (Å²) in [6.45, 7) is 5.84. The zero-order chi connectivity index (χ0) is 20.6. The van der Waals surface area contributed by atoms with E-state index in [1.165, 1.54) is 24.3 Å². The molecule has 28 heavy (non-hydrogen) atoms. The van der Waals surface area contributed by atoms with Crippen molar-refractivity contribution in [1.82, 2.24) is 14.5 Å². The average Bonchev–Trinajstić information content (AvgIpc) is 2.71. The Morgan fingerprint density at radius 1 is 1.04 bits per heavy atom. The van der Waals surface area contributed by atoms with E-state index in [0.29, 0.717) is 51.5 Å².